The number of hydrogen-bond acceptors (Lipinski definition) is 7. The molecule has 0 aliphatic carbocycles. The lowest BCUT2D eigenvalue weighted by Crippen LogP contribution is -2.57. The molecule has 0 saturated carbocycles. The van der Waals surface area contributed by atoms with Crippen molar-refractivity contribution in [2.24, 2.45) is 0 Å². The lowest BCUT2D eigenvalue weighted by atomic mass is 10.2. The molecule has 2 atom stereocenters. The van der Waals surface area contributed by atoms with Gasteiger partial charge in [-0.05, 0) is 25.1 Å². The van der Waals surface area contributed by atoms with E-state index >= 15 is 0 Å². The van der Waals surface area contributed by atoms with Crippen molar-refractivity contribution < 1.29 is 24.0 Å². The number of amides is 2. The summed E-state index contributed by atoms with van der Waals surface area (Å²) in [6.07, 6.45) is -0.689. The second-order valence-electron chi connectivity index (χ2n) is 7.70. The Morgan fingerprint density at radius 2 is 1.81 bits per heavy atom. The van der Waals surface area contributed by atoms with Gasteiger partial charge in [0.25, 0.3) is 11.6 Å². The molecule has 1 saturated heterocycles. The van der Waals surface area contributed by atoms with Crippen molar-refractivity contribution in [1.29, 1.82) is 0 Å². The molecule has 32 heavy (non-hydrogen) atoms. The highest BCUT2D eigenvalue weighted by atomic mass is 16.6. The summed E-state index contributed by atoms with van der Waals surface area (Å²) in [5.74, 6) is 0.797. The SMILES string of the molecule is C[C@@H](C(=O)Nc1cccc([N+](=O)[O-])c1)N1CCN(C(=O)[C@@H]2COc3ccccc3O2)CC1. The number of rotatable bonds is 5. The van der Waals surface area contributed by atoms with Crippen LogP contribution < -0.4 is 14.8 Å². The van der Waals surface area contributed by atoms with Crippen LogP contribution in [0.15, 0.2) is 48.5 Å². The Morgan fingerprint density at radius 1 is 1.09 bits per heavy atom. The van der Waals surface area contributed by atoms with E-state index in [1.54, 1.807) is 30.0 Å². The van der Waals surface area contributed by atoms with Crippen molar-refractivity contribution in [3.8, 4) is 11.5 Å². The van der Waals surface area contributed by atoms with Gasteiger partial charge in [-0.2, -0.15) is 0 Å². The monoisotopic (exact) mass is 440 g/mol. The first-order chi connectivity index (χ1) is 15.4. The zero-order chi connectivity index (χ0) is 22.7. The first-order valence-electron chi connectivity index (χ1n) is 10.4. The van der Waals surface area contributed by atoms with E-state index in [1.807, 2.05) is 17.0 Å². The Morgan fingerprint density at radius 3 is 2.53 bits per heavy atom. The smallest absolute Gasteiger partial charge is 0.271 e. The minimum atomic E-state index is -0.689. The van der Waals surface area contributed by atoms with Gasteiger partial charge in [-0.3, -0.25) is 24.6 Å². The largest absolute Gasteiger partial charge is 0.485 e. The Balaban J connectivity index is 1.29. The maximum Gasteiger partial charge on any atom is 0.271 e. The highest BCUT2D eigenvalue weighted by Crippen LogP contribution is 2.31. The molecule has 4 rings (SSSR count). The summed E-state index contributed by atoms with van der Waals surface area (Å²) in [5.41, 5.74) is 0.290. The predicted octanol–water partition coefficient (Wildman–Crippen LogP) is 1.91. The molecule has 2 aliphatic rings. The van der Waals surface area contributed by atoms with Crippen LogP contribution in [-0.2, 0) is 9.59 Å². The molecule has 0 radical (unpaired) electrons. The van der Waals surface area contributed by atoms with Crippen LogP contribution in [0.25, 0.3) is 0 Å². The van der Waals surface area contributed by atoms with Crippen molar-refractivity contribution in [2.75, 3.05) is 38.1 Å². The van der Waals surface area contributed by atoms with Crippen molar-refractivity contribution in [1.82, 2.24) is 9.80 Å². The Kier molecular flexibility index (Phi) is 6.22. The standard InChI is InChI=1S/C22H24N4O6/c1-15(21(27)23-16-5-4-6-17(13-16)26(29)30)24-9-11-25(12-10-24)22(28)20-14-31-18-7-2-3-8-19(18)32-20/h2-8,13,15,20H,9-12,14H2,1H3,(H,23,27)/t15-,20-/m0/s1. The fourth-order valence-electron chi connectivity index (χ4n) is 3.78. The fraction of sp³-hybridized carbons (Fsp3) is 0.364. The zero-order valence-electron chi connectivity index (χ0n) is 17.6. The second kappa shape index (κ2) is 9.23. The van der Waals surface area contributed by atoms with E-state index in [1.165, 1.54) is 18.2 Å². The fourth-order valence-corrected chi connectivity index (χ4v) is 3.78. The molecule has 10 heteroatoms. The van der Waals surface area contributed by atoms with Gasteiger partial charge in [-0.25, -0.2) is 0 Å². The summed E-state index contributed by atoms with van der Waals surface area (Å²) in [4.78, 5) is 39.6. The van der Waals surface area contributed by atoms with Crippen molar-refractivity contribution in [3.05, 3.63) is 58.6 Å². The number of ether oxygens (including phenoxy) is 2. The summed E-state index contributed by atoms with van der Waals surface area (Å²) in [6.45, 7) is 3.93. The van der Waals surface area contributed by atoms with Gasteiger partial charge in [0.05, 0.1) is 11.0 Å². The van der Waals surface area contributed by atoms with Gasteiger partial charge >= 0.3 is 0 Å². The Bertz CT molecular complexity index is 1020. The summed E-state index contributed by atoms with van der Waals surface area (Å²) in [5, 5.41) is 13.6. The quantitative estimate of drug-likeness (QED) is 0.558. The highest BCUT2D eigenvalue weighted by Gasteiger charge is 2.34. The average molecular weight is 440 g/mol. The number of hydrogen-bond donors (Lipinski definition) is 1. The zero-order valence-corrected chi connectivity index (χ0v) is 17.6. The molecular weight excluding hydrogens is 416 g/mol. The number of non-ortho nitro benzene ring substituents is 1. The molecule has 0 aromatic heterocycles. The van der Waals surface area contributed by atoms with Crippen LogP contribution in [0.2, 0.25) is 0 Å². The molecule has 1 fully saturated rings. The van der Waals surface area contributed by atoms with Gasteiger partial charge in [-0.1, -0.05) is 18.2 Å². The number of anilines is 1. The minimum Gasteiger partial charge on any atom is -0.485 e. The van der Waals surface area contributed by atoms with Gasteiger partial charge in [-0.15, -0.1) is 0 Å². The van der Waals surface area contributed by atoms with Crippen LogP contribution in [0.1, 0.15) is 6.92 Å². The first kappa shape index (κ1) is 21.6. The van der Waals surface area contributed by atoms with E-state index < -0.39 is 17.1 Å². The van der Waals surface area contributed by atoms with Gasteiger partial charge in [0.2, 0.25) is 12.0 Å². The van der Waals surface area contributed by atoms with Gasteiger partial charge < -0.3 is 19.7 Å². The highest BCUT2D eigenvalue weighted by molar-refractivity contribution is 5.94. The molecule has 0 unspecified atom stereocenters. The lowest BCUT2D eigenvalue weighted by Gasteiger charge is -2.39. The van der Waals surface area contributed by atoms with E-state index in [-0.39, 0.29) is 24.1 Å². The summed E-state index contributed by atoms with van der Waals surface area (Å²) in [6, 6.07) is 12.6. The van der Waals surface area contributed by atoms with E-state index in [2.05, 4.69) is 5.32 Å². The second-order valence-corrected chi connectivity index (χ2v) is 7.70. The molecule has 2 heterocycles. The molecule has 10 nitrogen and oxygen atoms in total. The van der Waals surface area contributed by atoms with Crippen LogP contribution >= 0.6 is 0 Å². The summed E-state index contributed by atoms with van der Waals surface area (Å²) >= 11 is 0. The molecule has 2 aromatic carbocycles. The third-order valence-electron chi connectivity index (χ3n) is 5.66. The first-order valence-corrected chi connectivity index (χ1v) is 10.4. The number of piperazine rings is 1. The number of fused-ring (bicyclic) bond motifs is 1. The maximum atomic E-state index is 12.9. The molecule has 2 aromatic rings. The molecule has 168 valence electrons. The molecule has 1 N–H and O–H groups in total. The van der Waals surface area contributed by atoms with Crippen LogP contribution in [0.4, 0.5) is 11.4 Å². The van der Waals surface area contributed by atoms with E-state index in [0.717, 1.165) is 0 Å². The van der Waals surface area contributed by atoms with E-state index in [0.29, 0.717) is 43.4 Å². The molecule has 0 spiro atoms. The van der Waals surface area contributed by atoms with Crippen LogP contribution in [0.3, 0.4) is 0 Å². The Hall–Kier alpha value is -3.66. The topological polar surface area (TPSA) is 114 Å². The average Bonchev–Trinajstić information content (AvgIpc) is 2.83. The number of nitro benzene ring substituents is 1. The third kappa shape index (κ3) is 4.65. The van der Waals surface area contributed by atoms with E-state index in [4.69, 9.17) is 9.47 Å². The minimum absolute atomic E-state index is 0.0842. The van der Waals surface area contributed by atoms with Gasteiger partial charge in [0.1, 0.15) is 6.61 Å². The number of nitrogens with zero attached hydrogens (tertiary/aromatic N) is 3. The van der Waals surface area contributed by atoms with Crippen molar-refractivity contribution >= 4 is 23.2 Å². The molecule has 0 bridgehead atoms. The predicted molar refractivity (Wildman–Crippen MR) is 116 cm³/mol. The van der Waals surface area contributed by atoms with Gasteiger partial charge in [0.15, 0.2) is 11.5 Å². The maximum absolute atomic E-state index is 12.9. The number of para-hydroxylation sites is 2. The molecule has 2 aliphatic heterocycles. The third-order valence-corrected chi connectivity index (χ3v) is 5.66. The number of carbonyl (C=O) groups excluding carboxylic acids is 2. The number of nitro groups is 1. The van der Waals surface area contributed by atoms with Crippen molar-refractivity contribution in [3.63, 3.8) is 0 Å². The molecule has 2 amide bonds. The van der Waals surface area contributed by atoms with Crippen LogP contribution in [0, 0.1) is 10.1 Å². The van der Waals surface area contributed by atoms with Crippen LogP contribution in [-0.4, -0.2) is 71.5 Å². The van der Waals surface area contributed by atoms with Crippen molar-refractivity contribution in [2.45, 2.75) is 19.1 Å². The molecular formula is C22H24N4O6. The lowest BCUT2D eigenvalue weighted by molar-refractivity contribution is -0.384. The van der Waals surface area contributed by atoms with Crippen LogP contribution in [0.5, 0.6) is 11.5 Å². The summed E-state index contributed by atoms with van der Waals surface area (Å²) < 4.78 is 11.5. The van der Waals surface area contributed by atoms with E-state index in [9.17, 15) is 19.7 Å². The number of nitrogens with one attached hydrogen (secondary N) is 1. The summed E-state index contributed by atoms with van der Waals surface area (Å²) in [7, 11) is 0. The Labute approximate surface area is 184 Å². The number of carbonyl (C=O) groups is 2. The number of benzene rings is 2. The van der Waals surface area contributed by atoms with Gasteiger partial charge in [0, 0.05) is 44.0 Å². The normalized spacial score (nSPS) is 19.2.